The van der Waals surface area contributed by atoms with E-state index in [1.54, 1.807) is 6.07 Å². The lowest BCUT2D eigenvalue weighted by atomic mass is 10.3. The second-order valence-corrected chi connectivity index (χ2v) is 2.36. The molecule has 0 fully saturated rings. The zero-order valence-corrected chi connectivity index (χ0v) is 6.44. The summed E-state index contributed by atoms with van der Waals surface area (Å²) in [5.41, 5.74) is 7.07. The van der Waals surface area contributed by atoms with E-state index in [-0.39, 0.29) is 0 Å². The Morgan fingerprint density at radius 3 is 2.70 bits per heavy atom. The fourth-order valence-electron chi connectivity index (χ4n) is 0.755. The van der Waals surface area contributed by atoms with Crippen LogP contribution >= 0.6 is 11.6 Å². The molecule has 1 rings (SSSR count). The Morgan fingerprint density at radius 2 is 2.20 bits per heavy atom. The van der Waals surface area contributed by atoms with Crippen molar-refractivity contribution in [2.24, 2.45) is 0 Å². The third-order valence-electron chi connectivity index (χ3n) is 1.32. The normalized spacial score (nSPS) is 9.40. The Morgan fingerprint density at radius 1 is 1.50 bits per heavy atom. The first kappa shape index (κ1) is 7.22. The Kier molecular flexibility index (Phi) is 2.02. The van der Waals surface area contributed by atoms with Gasteiger partial charge < -0.3 is 11.1 Å². The molecule has 0 aliphatic heterocycles. The van der Waals surface area contributed by atoms with Gasteiger partial charge in [0.15, 0.2) is 0 Å². The van der Waals surface area contributed by atoms with E-state index in [9.17, 15) is 0 Å². The van der Waals surface area contributed by atoms with Crippen LogP contribution in [0.2, 0.25) is 5.02 Å². The van der Waals surface area contributed by atoms with Crippen molar-refractivity contribution >= 4 is 23.0 Å². The summed E-state index contributed by atoms with van der Waals surface area (Å²) in [6.45, 7) is 0. The SMILES string of the molecule is CNc1cccc(Cl)c1N. The van der Waals surface area contributed by atoms with Gasteiger partial charge >= 0.3 is 0 Å². The van der Waals surface area contributed by atoms with Gasteiger partial charge in [0.25, 0.3) is 0 Å². The van der Waals surface area contributed by atoms with Crippen LogP contribution in [-0.2, 0) is 0 Å². The average Bonchev–Trinajstić information content (AvgIpc) is 1.95. The minimum absolute atomic E-state index is 0.590. The number of rotatable bonds is 1. The predicted molar refractivity (Wildman–Crippen MR) is 45.4 cm³/mol. The Balaban J connectivity index is 3.14. The van der Waals surface area contributed by atoms with E-state index in [0.717, 1.165) is 5.69 Å². The predicted octanol–water partition coefficient (Wildman–Crippen LogP) is 1.96. The van der Waals surface area contributed by atoms with Crippen molar-refractivity contribution in [3.05, 3.63) is 23.2 Å². The highest BCUT2D eigenvalue weighted by Gasteiger charge is 1.98. The molecule has 2 nitrogen and oxygen atoms in total. The third kappa shape index (κ3) is 1.16. The zero-order valence-electron chi connectivity index (χ0n) is 5.69. The first-order valence-corrected chi connectivity index (χ1v) is 3.35. The van der Waals surface area contributed by atoms with Crippen molar-refractivity contribution in [1.29, 1.82) is 0 Å². The molecule has 1 aromatic carbocycles. The molecule has 0 heterocycles. The number of hydrogen-bond acceptors (Lipinski definition) is 2. The number of nitrogen functional groups attached to an aromatic ring is 1. The lowest BCUT2D eigenvalue weighted by molar-refractivity contribution is 1.51. The molecular weight excluding hydrogens is 148 g/mol. The van der Waals surface area contributed by atoms with Gasteiger partial charge in [0.05, 0.1) is 16.4 Å². The van der Waals surface area contributed by atoms with Crippen LogP contribution in [0.25, 0.3) is 0 Å². The molecule has 0 radical (unpaired) electrons. The summed E-state index contributed by atoms with van der Waals surface area (Å²) in [6, 6.07) is 5.49. The minimum atomic E-state index is 0.590. The summed E-state index contributed by atoms with van der Waals surface area (Å²) in [6.07, 6.45) is 0. The molecule has 10 heavy (non-hydrogen) atoms. The average molecular weight is 157 g/mol. The van der Waals surface area contributed by atoms with Gasteiger partial charge in [-0.3, -0.25) is 0 Å². The van der Waals surface area contributed by atoms with Crippen molar-refractivity contribution in [2.45, 2.75) is 0 Å². The topological polar surface area (TPSA) is 38.0 Å². The maximum Gasteiger partial charge on any atom is 0.0739 e. The standard InChI is InChI=1S/C7H9ClN2/c1-10-6-4-2-3-5(8)7(6)9/h2-4,10H,9H2,1H3. The van der Waals surface area contributed by atoms with E-state index >= 15 is 0 Å². The van der Waals surface area contributed by atoms with Gasteiger partial charge in [-0.25, -0.2) is 0 Å². The van der Waals surface area contributed by atoms with Gasteiger partial charge in [0.1, 0.15) is 0 Å². The quantitative estimate of drug-likeness (QED) is 0.611. The van der Waals surface area contributed by atoms with Crippen LogP contribution in [0.1, 0.15) is 0 Å². The molecule has 0 aliphatic rings. The number of nitrogens with one attached hydrogen (secondary N) is 1. The van der Waals surface area contributed by atoms with Crippen molar-refractivity contribution in [1.82, 2.24) is 0 Å². The van der Waals surface area contributed by atoms with Crippen LogP contribution in [0.3, 0.4) is 0 Å². The van der Waals surface area contributed by atoms with Crippen LogP contribution in [0.15, 0.2) is 18.2 Å². The van der Waals surface area contributed by atoms with Crippen molar-refractivity contribution in [2.75, 3.05) is 18.1 Å². The summed E-state index contributed by atoms with van der Waals surface area (Å²) < 4.78 is 0. The molecule has 0 atom stereocenters. The molecule has 0 unspecified atom stereocenters. The van der Waals surface area contributed by atoms with Gasteiger partial charge in [-0.1, -0.05) is 17.7 Å². The highest BCUT2D eigenvalue weighted by molar-refractivity contribution is 6.33. The van der Waals surface area contributed by atoms with Gasteiger partial charge in [-0.15, -0.1) is 0 Å². The molecule has 1 aromatic rings. The molecular formula is C7H9ClN2. The van der Waals surface area contributed by atoms with Crippen molar-refractivity contribution in [3.63, 3.8) is 0 Å². The molecule has 0 spiro atoms. The molecule has 54 valence electrons. The number of nitrogens with two attached hydrogens (primary N) is 1. The number of halogens is 1. The maximum atomic E-state index is 5.73. The molecule has 0 amide bonds. The monoisotopic (exact) mass is 156 g/mol. The lowest BCUT2D eigenvalue weighted by Gasteiger charge is -2.04. The second kappa shape index (κ2) is 2.80. The molecule has 0 aliphatic carbocycles. The summed E-state index contributed by atoms with van der Waals surface area (Å²) in [7, 11) is 1.81. The maximum absolute atomic E-state index is 5.73. The zero-order chi connectivity index (χ0) is 7.56. The molecule has 3 heteroatoms. The Hall–Kier alpha value is -0.890. The van der Waals surface area contributed by atoms with Gasteiger partial charge in [0, 0.05) is 7.05 Å². The third-order valence-corrected chi connectivity index (χ3v) is 1.65. The molecule has 3 N–H and O–H groups in total. The highest BCUT2D eigenvalue weighted by Crippen LogP contribution is 2.25. The number of benzene rings is 1. The first-order valence-electron chi connectivity index (χ1n) is 2.97. The highest BCUT2D eigenvalue weighted by atomic mass is 35.5. The van der Waals surface area contributed by atoms with Crippen LogP contribution < -0.4 is 11.1 Å². The fourth-order valence-corrected chi connectivity index (χ4v) is 0.930. The minimum Gasteiger partial charge on any atom is -0.396 e. The number of anilines is 2. The second-order valence-electron chi connectivity index (χ2n) is 1.95. The Bertz CT molecular complexity index is 235. The van der Waals surface area contributed by atoms with E-state index in [1.807, 2.05) is 19.2 Å². The van der Waals surface area contributed by atoms with Gasteiger partial charge in [-0.05, 0) is 12.1 Å². The molecule has 0 bridgehead atoms. The van der Waals surface area contributed by atoms with E-state index in [0.29, 0.717) is 10.7 Å². The summed E-state index contributed by atoms with van der Waals surface area (Å²) in [5.74, 6) is 0. The first-order chi connectivity index (χ1) is 4.75. The van der Waals surface area contributed by atoms with Crippen LogP contribution in [0.4, 0.5) is 11.4 Å². The van der Waals surface area contributed by atoms with Crippen LogP contribution in [-0.4, -0.2) is 7.05 Å². The van der Waals surface area contributed by atoms with Gasteiger partial charge in [-0.2, -0.15) is 0 Å². The lowest BCUT2D eigenvalue weighted by Crippen LogP contribution is -1.95. The Labute approximate surface area is 65.0 Å². The van der Waals surface area contributed by atoms with Crippen LogP contribution in [0.5, 0.6) is 0 Å². The smallest absolute Gasteiger partial charge is 0.0739 e. The fraction of sp³-hybridized carbons (Fsp3) is 0.143. The van der Waals surface area contributed by atoms with Crippen molar-refractivity contribution in [3.8, 4) is 0 Å². The molecule has 0 aromatic heterocycles. The van der Waals surface area contributed by atoms with Crippen molar-refractivity contribution < 1.29 is 0 Å². The molecule has 0 saturated carbocycles. The summed E-state index contributed by atoms with van der Waals surface area (Å²) >= 11 is 5.73. The van der Waals surface area contributed by atoms with E-state index in [1.165, 1.54) is 0 Å². The van der Waals surface area contributed by atoms with E-state index in [2.05, 4.69) is 5.32 Å². The van der Waals surface area contributed by atoms with E-state index < -0.39 is 0 Å². The number of hydrogen-bond donors (Lipinski definition) is 2. The van der Waals surface area contributed by atoms with E-state index in [4.69, 9.17) is 17.3 Å². The molecule has 0 saturated heterocycles. The largest absolute Gasteiger partial charge is 0.396 e. The number of para-hydroxylation sites is 1. The van der Waals surface area contributed by atoms with Gasteiger partial charge in [0.2, 0.25) is 0 Å². The van der Waals surface area contributed by atoms with Crippen LogP contribution in [0, 0.1) is 0 Å². The summed E-state index contributed by atoms with van der Waals surface area (Å²) in [5, 5.41) is 3.52. The summed E-state index contributed by atoms with van der Waals surface area (Å²) in [4.78, 5) is 0.